The Labute approximate surface area is 163 Å². The maximum atomic E-state index is 12.9. The van der Waals surface area contributed by atoms with Gasteiger partial charge in [0.1, 0.15) is 5.69 Å². The van der Waals surface area contributed by atoms with E-state index in [2.05, 4.69) is 64.7 Å². The molecule has 1 amide bonds. The zero-order valence-electron chi connectivity index (χ0n) is 15.3. The lowest BCUT2D eigenvalue weighted by Gasteiger charge is -2.11. The first-order valence-electron chi connectivity index (χ1n) is 9.25. The second kappa shape index (κ2) is 7.80. The molecule has 0 saturated carbocycles. The normalized spacial score (nSPS) is 11.0. The molecule has 0 fully saturated rings. The van der Waals surface area contributed by atoms with Crippen LogP contribution in [0.2, 0.25) is 0 Å². The molecule has 2 aromatic carbocycles. The average Bonchev–Trinajstić information content (AvgIpc) is 3.29. The maximum absolute atomic E-state index is 12.9. The third-order valence-electron chi connectivity index (χ3n) is 4.84. The van der Waals surface area contributed by atoms with Crippen LogP contribution >= 0.6 is 11.3 Å². The van der Waals surface area contributed by atoms with Crippen LogP contribution in [0, 0.1) is 0 Å². The molecule has 0 bridgehead atoms. The topological polar surface area (TPSA) is 34.0 Å². The van der Waals surface area contributed by atoms with Gasteiger partial charge in [0.05, 0.1) is 10.2 Å². The highest BCUT2D eigenvalue weighted by molar-refractivity contribution is 7.17. The van der Waals surface area contributed by atoms with Crippen molar-refractivity contribution in [2.45, 2.75) is 26.3 Å². The minimum Gasteiger partial charge on any atom is -0.335 e. The van der Waals surface area contributed by atoms with Crippen LogP contribution in [0.4, 0.5) is 5.69 Å². The van der Waals surface area contributed by atoms with E-state index < -0.39 is 0 Å². The van der Waals surface area contributed by atoms with Crippen LogP contribution in [-0.4, -0.2) is 10.5 Å². The summed E-state index contributed by atoms with van der Waals surface area (Å²) in [5, 5.41) is 5.12. The van der Waals surface area contributed by atoms with Crippen LogP contribution in [0.15, 0.2) is 72.1 Å². The third kappa shape index (κ3) is 3.81. The average molecular weight is 375 g/mol. The lowest BCUT2D eigenvalue weighted by Crippen LogP contribution is -2.17. The maximum Gasteiger partial charge on any atom is 0.272 e. The van der Waals surface area contributed by atoms with E-state index in [1.807, 2.05) is 24.3 Å². The Kier molecular flexibility index (Phi) is 5.07. The molecular weight excluding hydrogens is 352 g/mol. The number of benzene rings is 2. The van der Waals surface area contributed by atoms with Crippen molar-refractivity contribution in [3.05, 3.63) is 88.9 Å². The molecule has 0 spiro atoms. The molecule has 1 N–H and O–H groups in total. The van der Waals surface area contributed by atoms with Gasteiger partial charge in [-0.2, -0.15) is 0 Å². The third-order valence-corrected chi connectivity index (χ3v) is 5.70. The van der Waals surface area contributed by atoms with Crippen molar-refractivity contribution < 1.29 is 4.79 Å². The summed E-state index contributed by atoms with van der Waals surface area (Å²) < 4.78 is 3.28. The zero-order valence-corrected chi connectivity index (χ0v) is 16.1. The minimum absolute atomic E-state index is 0.0595. The number of thiophene rings is 1. The van der Waals surface area contributed by atoms with Crippen molar-refractivity contribution in [1.82, 2.24) is 4.57 Å². The molecule has 0 radical (unpaired) electrons. The summed E-state index contributed by atoms with van der Waals surface area (Å²) in [5.41, 5.74) is 5.21. The van der Waals surface area contributed by atoms with Crippen molar-refractivity contribution in [1.29, 1.82) is 0 Å². The Bertz CT molecular complexity index is 1050. The molecule has 0 atom stereocenters. The summed E-state index contributed by atoms with van der Waals surface area (Å²) in [7, 11) is 0. The summed E-state index contributed by atoms with van der Waals surface area (Å²) >= 11 is 1.67. The van der Waals surface area contributed by atoms with E-state index in [0.29, 0.717) is 5.69 Å². The quantitative estimate of drug-likeness (QED) is 0.457. The number of carbonyl (C=O) groups excluding carboxylic acids is 1. The molecule has 136 valence electrons. The number of aryl methyl sites for hydroxylation is 3. The fraction of sp³-hybridized carbons (Fsp3) is 0.174. The van der Waals surface area contributed by atoms with Crippen LogP contribution in [0.3, 0.4) is 0 Å². The molecule has 4 rings (SSSR count). The fourth-order valence-electron chi connectivity index (χ4n) is 3.31. The molecule has 0 aliphatic heterocycles. The van der Waals surface area contributed by atoms with E-state index in [-0.39, 0.29) is 5.91 Å². The summed E-state index contributed by atoms with van der Waals surface area (Å²) in [4.78, 5) is 12.9. The summed E-state index contributed by atoms with van der Waals surface area (Å²) in [6.45, 7) is 2.90. The molecule has 0 unspecified atom stereocenters. The number of nitrogens with one attached hydrogen (secondary N) is 1. The number of hydrogen-bond donors (Lipinski definition) is 1. The van der Waals surface area contributed by atoms with Gasteiger partial charge in [-0.05, 0) is 53.6 Å². The van der Waals surface area contributed by atoms with E-state index in [0.717, 1.165) is 35.3 Å². The SMILES string of the molecule is CCc1ccc(NC(=O)c2cc3sccc3n2CCc2ccccc2)cc1. The molecule has 27 heavy (non-hydrogen) atoms. The first kappa shape index (κ1) is 17.6. The highest BCUT2D eigenvalue weighted by Crippen LogP contribution is 2.26. The molecule has 4 heteroatoms. The van der Waals surface area contributed by atoms with Gasteiger partial charge in [0, 0.05) is 12.2 Å². The van der Waals surface area contributed by atoms with Crippen molar-refractivity contribution in [3.63, 3.8) is 0 Å². The molecule has 3 nitrogen and oxygen atoms in total. The number of hydrogen-bond acceptors (Lipinski definition) is 2. The molecule has 2 aromatic heterocycles. The fourth-order valence-corrected chi connectivity index (χ4v) is 4.13. The van der Waals surface area contributed by atoms with E-state index in [9.17, 15) is 4.79 Å². The van der Waals surface area contributed by atoms with Crippen LogP contribution < -0.4 is 5.32 Å². The highest BCUT2D eigenvalue weighted by Gasteiger charge is 2.16. The number of amides is 1. The van der Waals surface area contributed by atoms with E-state index in [1.54, 1.807) is 11.3 Å². The van der Waals surface area contributed by atoms with Crippen LogP contribution in [0.25, 0.3) is 10.2 Å². The van der Waals surface area contributed by atoms with E-state index in [4.69, 9.17) is 0 Å². The van der Waals surface area contributed by atoms with E-state index in [1.165, 1.54) is 11.1 Å². The van der Waals surface area contributed by atoms with Gasteiger partial charge in [-0.15, -0.1) is 11.3 Å². The lowest BCUT2D eigenvalue weighted by atomic mass is 10.1. The smallest absolute Gasteiger partial charge is 0.272 e. The zero-order chi connectivity index (χ0) is 18.6. The second-order valence-electron chi connectivity index (χ2n) is 6.59. The predicted octanol–water partition coefficient (Wildman–Crippen LogP) is 5.76. The molecule has 0 aliphatic rings. The van der Waals surface area contributed by atoms with Crippen LogP contribution in [0.1, 0.15) is 28.5 Å². The van der Waals surface area contributed by atoms with Crippen molar-refractivity contribution in [2.75, 3.05) is 5.32 Å². The lowest BCUT2D eigenvalue weighted by molar-refractivity contribution is 0.101. The highest BCUT2D eigenvalue weighted by atomic mass is 32.1. The number of aromatic nitrogens is 1. The van der Waals surface area contributed by atoms with Crippen molar-refractivity contribution in [3.8, 4) is 0 Å². The number of fused-ring (bicyclic) bond motifs is 1. The standard InChI is InChI=1S/C23H22N2OS/c1-2-17-8-10-19(11-9-17)24-23(26)21-16-22-20(13-15-27-22)25(21)14-12-18-6-4-3-5-7-18/h3-11,13,15-16H,2,12,14H2,1H3,(H,24,26). The first-order valence-corrected chi connectivity index (χ1v) is 10.1. The van der Waals surface area contributed by atoms with Crippen molar-refractivity contribution in [2.24, 2.45) is 0 Å². The molecule has 2 heterocycles. The second-order valence-corrected chi connectivity index (χ2v) is 7.54. The van der Waals surface area contributed by atoms with Gasteiger partial charge < -0.3 is 9.88 Å². The number of carbonyl (C=O) groups is 1. The van der Waals surface area contributed by atoms with Gasteiger partial charge >= 0.3 is 0 Å². The monoisotopic (exact) mass is 374 g/mol. The summed E-state index contributed by atoms with van der Waals surface area (Å²) in [6, 6.07) is 22.5. The number of nitrogens with zero attached hydrogens (tertiary/aromatic N) is 1. The minimum atomic E-state index is -0.0595. The number of anilines is 1. The largest absolute Gasteiger partial charge is 0.335 e. The Hall–Kier alpha value is -2.85. The van der Waals surface area contributed by atoms with Crippen LogP contribution in [-0.2, 0) is 19.4 Å². The number of rotatable bonds is 6. The van der Waals surface area contributed by atoms with Gasteiger partial charge in [-0.1, -0.05) is 49.4 Å². The molecule has 0 saturated heterocycles. The van der Waals surface area contributed by atoms with Crippen molar-refractivity contribution >= 4 is 33.1 Å². The van der Waals surface area contributed by atoms with Gasteiger partial charge in [0.25, 0.3) is 5.91 Å². The Morgan fingerprint density at radius 3 is 2.52 bits per heavy atom. The predicted molar refractivity (Wildman–Crippen MR) is 114 cm³/mol. The molecule has 4 aromatic rings. The van der Waals surface area contributed by atoms with Gasteiger partial charge in [0.2, 0.25) is 0 Å². The Morgan fingerprint density at radius 1 is 1.00 bits per heavy atom. The molecular formula is C23H22N2OS. The van der Waals surface area contributed by atoms with E-state index >= 15 is 0 Å². The van der Waals surface area contributed by atoms with Crippen LogP contribution in [0.5, 0.6) is 0 Å². The van der Waals surface area contributed by atoms with Gasteiger partial charge in [0.15, 0.2) is 0 Å². The Morgan fingerprint density at radius 2 is 1.78 bits per heavy atom. The summed E-state index contributed by atoms with van der Waals surface area (Å²) in [6.07, 6.45) is 1.89. The van der Waals surface area contributed by atoms with Gasteiger partial charge in [-0.3, -0.25) is 4.79 Å². The molecule has 0 aliphatic carbocycles. The van der Waals surface area contributed by atoms with Gasteiger partial charge in [-0.25, -0.2) is 0 Å². The Balaban J connectivity index is 1.58. The first-order chi connectivity index (χ1) is 13.2. The summed E-state index contributed by atoms with van der Waals surface area (Å²) in [5.74, 6) is -0.0595.